The van der Waals surface area contributed by atoms with Gasteiger partial charge in [0.2, 0.25) is 5.91 Å². The van der Waals surface area contributed by atoms with Crippen LogP contribution in [0.4, 0.5) is 10.5 Å². The Morgan fingerprint density at radius 2 is 1.84 bits per heavy atom. The van der Waals surface area contributed by atoms with Gasteiger partial charge in [-0.25, -0.2) is 9.69 Å². The number of carbonyl (C=O) groups excluding carboxylic acids is 3. The molecule has 136 valence electrons. The van der Waals surface area contributed by atoms with Gasteiger partial charge < -0.3 is 5.32 Å². The van der Waals surface area contributed by atoms with Crippen molar-refractivity contribution < 1.29 is 14.4 Å². The molecule has 1 atom stereocenters. The van der Waals surface area contributed by atoms with Crippen LogP contribution < -0.4 is 10.2 Å². The average molecular weight is 346 g/mol. The Morgan fingerprint density at radius 3 is 2.40 bits per heavy atom. The molecule has 25 heavy (non-hydrogen) atoms. The molecule has 2 rings (SSSR count). The maximum Gasteiger partial charge on any atom is 0.333 e. The summed E-state index contributed by atoms with van der Waals surface area (Å²) in [4.78, 5) is 41.4. The third-order valence-corrected chi connectivity index (χ3v) is 4.01. The highest BCUT2D eigenvalue weighted by molar-refractivity contribution is 6.14. The fraction of sp³-hybridized carbons (Fsp3) is 0.500. The lowest BCUT2D eigenvalue weighted by molar-refractivity contribution is -0.130. The number of amides is 4. The summed E-state index contributed by atoms with van der Waals surface area (Å²) in [7, 11) is 1.71. The Kier molecular flexibility index (Phi) is 5.79. The Bertz CT molecular complexity index is 657. The van der Waals surface area contributed by atoms with Crippen molar-refractivity contribution in [3.8, 4) is 0 Å². The van der Waals surface area contributed by atoms with E-state index >= 15 is 0 Å². The first-order valence-corrected chi connectivity index (χ1v) is 8.40. The number of imide groups is 1. The lowest BCUT2D eigenvalue weighted by atomic mass is 10.2. The van der Waals surface area contributed by atoms with Crippen molar-refractivity contribution >= 4 is 23.5 Å². The summed E-state index contributed by atoms with van der Waals surface area (Å²) in [5, 5.41) is 2.79. The molecule has 1 heterocycles. The second kappa shape index (κ2) is 7.65. The van der Waals surface area contributed by atoms with E-state index in [0.717, 1.165) is 5.56 Å². The van der Waals surface area contributed by atoms with Gasteiger partial charge in [0.05, 0.1) is 13.2 Å². The number of nitrogens with one attached hydrogen (secondary N) is 1. The van der Waals surface area contributed by atoms with E-state index in [0.29, 0.717) is 5.69 Å². The lowest BCUT2D eigenvalue weighted by Gasteiger charge is -2.23. The molecule has 1 saturated heterocycles. The molecule has 1 aliphatic heterocycles. The number of rotatable bonds is 6. The molecule has 0 saturated carbocycles. The van der Waals surface area contributed by atoms with Gasteiger partial charge in [0, 0.05) is 11.7 Å². The first-order valence-electron chi connectivity index (χ1n) is 8.40. The van der Waals surface area contributed by atoms with Crippen LogP contribution in [0, 0.1) is 6.92 Å². The number of anilines is 1. The van der Waals surface area contributed by atoms with Gasteiger partial charge in [-0.05, 0) is 46.9 Å². The lowest BCUT2D eigenvalue weighted by Crippen LogP contribution is -2.45. The summed E-state index contributed by atoms with van der Waals surface area (Å²) >= 11 is 0. The molecule has 4 amide bonds. The Labute approximate surface area is 148 Å². The van der Waals surface area contributed by atoms with E-state index in [-0.39, 0.29) is 37.1 Å². The normalized spacial score (nSPS) is 17.8. The maximum atomic E-state index is 12.7. The van der Waals surface area contributed by atoms with Gasteiger partial charge in [0.1, 0.15) is 6.04 Å². The molecular formula is C18H26N4O3. The van der Waals surface area contributed by atoms with Crippen molar-refractivity contribution in [2.24, 2.45) is 0 Å². The average Bonchev–Trinajstić information content (AvgIpc) is 2.71. The van der Waals surface area contributed by atoms with Crippen LogP contribution in [-0.2, 0) is 9.59 Å². The smallest absolute Gasteiger partial charge is 0.333 e. The molecule has 0 aliphatic carbocycles. The van der Waals surface area contributed by atoms with E-state index in [1.165, 1.54) is 9.80 Å². The van der Waals surface area contributed by atoms with Crippen LogP contribution in [0.5, 0.6) is 0 Å². The fourth-order valence-electron chi connectivity index (χ4n) is 2.80. The van der Waals surface area contributed by atoms with Crippen molar-refractivity contribution in [1.29, 1.82) is 0 Å². The minimum Gasteiger partial charge on any atom is -0.353 e. The molecule has 0 bridgehead atoms. The number of nitrogens with zero attached hydrogens (tertiary/aromatic N) is 3. The number of hydrogen-bond acceptors (Lipinski definition) is 4. The highest BCUT2D eigenvalue weighted by atomic mass is 16.2. The van der Waals surface area contributed by atoms with Gasteiger partial charge in [-0.3, -0.25) is 19.4 Å². The third-order valence-electron chi connectivity index (χ3n) is 4.01. The van der Waals surface area contributed by atoms with Gasteiger partial charge >= 0.3 is 6.03 Å². The van der Waals surface area contributed by atoms with Crippen LogP contribution in [0.3, 0.4) is 0 Å². The zero-order valence-electron chi connectivity index (χ0n) is 15.4. The number of carbonyl (C=O) groups is 3. The van der Waals surface area contributed by atoms with Crippen LogP contribution >= 0.6 is 0 Å². The predicted molar refractivity (Wildman–Crippen MR) is 96.1 cm³/mol. The zero-order valence-corrected chi connectivity index (χ0v) is 15.4. The van der Waals surface area contributed by atoms with Crippen molar-refractivity contribution in [1.82, 2.24) is 15.1 Å². The van der Waals surface area contributed by atoms with Crippen LogP contribution in [0.1, 0.15) is 26.3 Å². The van der Waals surface area contributed by atoms with Crippen LogP contribution in [-0.4, -0.2) is 60.0 Å². The number of likely N-dealkylation sites (N-methyl/N-ethyl adjacent to an activating group) is 1. The predicted octanol–water partition coefficient (Wildman–Crippen LogP) is 1.57. The van der Waals surface area contributed by atoms with E-state index < -0.39 is 6.04 Å². The molecule has 0 radical (unpaired) electrons. The topological polar surface area (TPSA) is 73.0 Å². The molecular weight excluding hydrogens is 320 g/mol. The Hall–Kier alpha value is -2.41. The largest absolute Gasteiger partial charge is 0.353 e. The monoisotopic (exact) mass is 346 g/mol. The van der Waals surface area contributed by atoms with Crippen molar-refractivity contribution in [2.75, 3.05) is 25.2 Å². The summed E-state index contributed by atoms with van der Waals surface area (Å²) in [5.41, 5.74) is 1.78. The van der Waals surface area contributed by atoms with Crippen LogP contribution in [0.2, 0.25) is 0 Å². The van der Waals surface area contributed by atoms with Gasteiger partial charge in [-0.2, -0.15) is 0 Å². The molecule has 7 nitrogen and oxygen atoms in total. The minimum absolute atomic E-state index is 0.0491. The molecule has 0 aromatic heterocycles. The quantitative estimate of drug-likeness (QED) is 0.794. The van der Waals surface area contributed by atoms with Gasteiger partial charge in [-0.1, -0.05) is 17.7 Å². The molecule has 1 N–H and O–H groups in total. The molecule has 0 spiro atoms. The standard InChI is InChI=1S/C18H26N4O3/c1-12(2)19-16(23)10-20(5)11-21-17(24)14(4)22(18(21)25)15-8-6-13(3)7-9-15/h6-9,12,14H,10-11H2,1-5H3,(H,19,23)/t14-/m1/s1. The summed E-state index contributed by atoms with van der Waals surface area (Å²) in [6.07, 6.45) is 0. The first-order chi connectivity index (χ1) is 11.7. The molecule has 1 aliphatic rings. The molecule has 1 aromatic rings. The summed E-state index contributed by atoms with van der Waals surface area (Å²) in [6, 6.07) is 6.61. The van der Waals surface area contributed by atoms with E-state index in [1.807, 2.05) is 45.0 Å². The Balaban J connectivity index is 2.07. The van der Waals surface area contributed by atoms with Crippen molar-refractivity contribution in [3.63, 3.8) is 0 Å². The van der Waals surface area contributed by atoms with Crippen molar-refractivity contribution in [3.05, 3.63) is 29.8 Å². The SMILES string of the molecule is Cc1ccc(N2C(=O)N(CN(C)CC(=O)NC(C)C)C(=O)[C@H]2C)cc1. The van der Waals surface area contributed by atoms with Gasteiger partial charge in [-0.15, -0.1) is 0 Å². The Morgan fingerprint density at radius 1 is 1.24 bits per heavy atom. The second-order valence-corrected chi connectivity index (χ2v) is 6.81. The summed E-state index contributed by atoms with van der Waals surface area (Å²) in [5.74, 6) is -0.401. The second-order valence-electron chi connectivity index (χ2n) is 6.81. The van der Waals surface area contributed by atoms with Gasteiger partial charge in [0.25, 0.3) is 5.91 Å². The van der Waals surface area contributed by atoms with E-state index in [2.05, 4.69) is 5.32 Å². The highest BCUT2D eigenvalue weighted by Crippen LogP contribution is 2.26. The first kappa shape index (κ1) is 18.9. The van der Waals surface area contributed by atoms with E-state index in [4.69, 9.17) is 0 Å². The fourth-order valence-corrected chi connectivity index (χ4v) is 2.80. The maximum absolute atomic E-state index is 12.7. The molecule has 0 unspecified atom stereocenters. The molecule has 1 aromatic carbocycles. The van der Waals surface area contributed by atoms with E-state index in [9.17, 15) is 14.4 Å². The van der Waals surface area contributed by atoms with Crippen LogP contribution in [0.25, 0.3) is 0 Å². The zero-order chi connectivity index (χ0) is 18.7. The number of hydrogen-bond donors (Lipinski definition) is 1. The van der Waals surface area contributed by atoms with Gasteiger partial charge in [0.15, 0.2) is 0 Å². The van der Waals surface area contributed by atoms with E-state index in [1.54, 1.807) is 18.9 Å². The summed E-state index contributed by atoms with van der Waals surface area (Å²) < 4.78 is 0. The minimum atomic E-state index is -0.562. The van der Waals surface area contributed by atoms with Crippen molar-refractivity contribution in [2.45, 2.75) is 39.8 Å². The number of aryl methyl sites for hydroxylation is 1. The third kappa shape index (κ3) is 4.36. The molecule has 7 heteroatoms. The highest BCUT2D eigenvalue weighted by Gasteiger charge is 2.43. The number of urea groups is 1. The van der Waals surface area contributed by atoms with Crippen LogP contribution in [0.15, 0.2) is 24.3 Å². The molecule has 1 fully saturated rings. The number of benzene rings is 1. The summed E-state index contributed by atoms with van der Waals surface area (Å²) in [6.45, 7) is 7.64.